The summed E-state index contributed by atoms with van der Waals surface area (Å²) < 4.78 is 0.981. The Hall–Kier alpha value is -1.76. The van der Waals surface area contributed by atoms with Crippen LogP contribution in [0.1, 0.15) is 5.56 Å². The number of halogens is 1. The fourth-order valence-electron chi connectivity index (χ4n) is 1.17. The van der Waals surface area contributed by atoms with E-state index >= 15 is 0 Å². The lowest BCUT2D eigenvalue weighted by Crippen LogP contribution is -2.15. The second-order valence-corrected chi connectivity index (χ2v) is 4.00. The number of nitrogens with one attached hydrogen (secondary N) is 2. The smallest absolute Gasteiger partial charge is 0.269 e. The number of carbonyl (C=O) groups excluding carboxylic acids is 1. The number of carbonyl (C=O) groups is 1. The SMILES string of the molecule is O=C(Cc1ccc(Br)cc1)Nc1nn[nH]n1. The number of hydrogen-bond donors (Lipinski definition) is 2. The molecule has 2 N–H and O–H groups in total. The molecule has 82 valence electrons. The maximum absolute atomic E-state index is 11.5. The monoisotopic (exact) mass is 281 g/mol. The summed E-state index contributed by atoms with van der Waals surface area (Å²) in [6, 6.07) is 7.52. The minimum absolute atomic E-state index is 0.177. The van der Waals surface area contributed by atoms with Crippen LogP contribution in [0, 0.1) is 0 Å². The highest BCUT2D eigenvalue weighted by Gasteiger charge is 2.06. The first-order valence-corrected chi connectivity index (χ1v) is 5.31. The van der Waals surface area contributed by atoms with Gasteiger partial charge in [0.15, 0.2) is 0 Å². The number of benzene rings is 1. The molecule has 0 aliphatic carbocycles. The van der Waals surface area contributed by atoms with Crippen molar-refractivity contribution < 1.29 is 4.79 Å². The molecule has 6 nitrogen and oxygen atoms in total. The fourth-order valence-corrected chi connectivity index (χ4v) is 1.44. The molecule has 0 fully saturated rings. The lowest BCUT2D eigenvalue weighted by molar-refractivity contribution is -0.115. The molecule has 1 aromatic carbocycles. The zero-order valence-corrected chi connectivity index (χ0v) is 9.73. The van der Waals surface area contributed by atoms with Crippen LogP contribution in [0.25, 0.3) is 0 Å². The highest BCUT2D eigenvalue weighted by atomic mass is 79.9. The minimum atomic E-state index is -0.177. The zero-order valence-electron chi connectivity index (χ0n) is 8.14. The van der Waals surface area contributed by atoms with Crippen molar-refractivity contribution >= 4 is 27.8 Å². The van der Waals surface area contributed by atoms with E-state index in [2.05, 4.69) is 41.9 Å². The third-order valence-electron chi connectivity index (χ3n) is 1.87. The largest absolute Gasteiger partial charge is 0.292 e. The quantitative estimate of drug-likeness (QED) is 0.884. The molecule has 0 aliphatic heterocycles. The van der Waals surface area contributed by atoms with Gasteiger partial charge >= 0.3 is 0 Å². The number of amides is 1. The van der Waals surface area contributed by atoms with E-state index in [1.165, 1.54) is 0 Å². The maximum atomic E-state index is 11.5. The topological polar surface area (TPSA) is 83.6 Å². The van der Waals surface area contributed by atoms with Gasteiger partial charge in [0, 0.05) is 4.47 Å². The van der Waals surface area contributed by atoms with Crippen LogP contribution >= 0.6 is 15.9 Å². The number of anilines is 1. The number of rotatable bonds is 3. The molecule has 0 spiro atoms. The van der Waals surface area contributed by atoms with Crippen LogP contribution in [0.3, 0.4) is 0 Å². The van der Waals surface area contributed by atoms with Crippen molar-refractivity contribution in [2.24, 2.45) is 0 Å². The average Bonchev–Trinajstić information content (AvgIpc) is 2.74. The summed E-state index contributed by atoms with van der Waals surface area (Å²) in [5.74, 6) is 0.00540. The first-order valence-electron chi connectivity index (χ1n) is 4.52. The maximum Gasteiger partial charge on any atom is 0.269 e. The van der Waals surface area contributed by atoms with Gasteiger partial charge < -0.3 is 0 Å². The number of nitrogens with zero attached hydrogens (tertiary/aromatic N) is 3. The van der Waals surface area contributed by atoms with E-state index in [4.69, 9.17) is 0 Å². The van der Waals surface area contributed by atoms with Gasteiger partial charge in [0.1, 0.15) is 0 Å². The summed E-state index contributed by atoms with van der Waals surface area (Å²) >= 11 is 3.33. The van der Waals surface area contributed by atoms with Gasteiger partial charge in [-0.05, 0) is 22.9 Å². The lowest BCUT2D eigenvalue weighted by atomic mass is 10.1. The number of aromatic nitrogens is 4. The standard InChI is InChI=1S/C9H8BrN5O/c10-7-3-1-6(2-4-7)5-8(16)11-9-12-14-15-13-9/h1-4H,5H2,(H2,11,12,13,14,15,16). The number of hydrogen-bond acceptors (Lipinski definition) is 4. The van der Waals surface area contributed by atoms with Crippen LogP contribution in [-0.2, 0) is 11.2 Å². The van der Waals surface area contributed by atoms with Crippen LogP contribution in [0.4, 0.5) is 5.95 Å². The Morgan fingerprint density at radius 3 is 2.75 bits per heavy atom. The van der Waals surface area contributed by atoms with Crippen LogP contribution < -0.4 is 5.32 Å². The molecule has 16 heavy (non-hydrogen) atoms. The Kier molecular flexibility index (Phi) is 3.25. The molecular formula is C9H8BrN5O. The van der Waals surface area contributed by atoms with E-state index in [-0.39, 0.29) is 18.3 Å². The van der Waals surface area contributed by atoms with Crippen molar-refractivity contribution in [1.82, 2.24) is 20.6 Å². The highest BCUT2D eigenvalue weighted by molar-refractivity contribution is 9.10. The molecule has 1 aromatic heterocycles. The molecule has 1 amide bonds. The molecule has 0 bridgehead atoms. The van der Waals surface area contributed by atoms with Crippen molar-refractivity contribution in [3.63, 3.8) is 0 Å². The average molecular weight is 282 g/mol. The predicted molar refractivity (Wildman–Crippen MR) is 60.7 cm³/mol. The van der Waals surface area contributed by atoms with E-state index in [9.17, 15) is 4.79 Å². The van der Waals surface area contributed by atoms with Gasteiger partial charge in [-0.1, -0.05) is 33.2 Å². The van der Waals surface area contributed by atoms with Crippen molar-refractivity contribution in [3.8, 4) is 0 Å². The molecule has 7 heteroatoms. The van der Waals surface area contributed by atoms with E-state index < -0.39 is 0 Å². The summed E-state index contributed by atoms with van der Waals surface area (Å²) in [6.45, 7) is 0. The van der Waals surface area contributed by atoms with Crippen molar-refractivity contribution in [1.29, 1.82) is 0 Å². The Morgan fingerprint density at radius 1 is 1.38 bits per heavy atom. The van der Waals surface area contributed by atoms with Crippen molar-refractivity contribution in [2.45, 2.75) is 6.42 Å². The molecule has 2 rings (SSSR count). The minimum Gasteiger partial charge on any atom is -0.292 e. The second kappa shape index (κ2) is 4.84. The fraction of sp³-hybridized carbons (Fsp3) is 0.111. The van der Waals surface area contributed by atoms with Crippen LogP contribution in [0.5, 0.6) is 0 Å². The molecule has 0 aliphatic rings. The molecule has 2 aromatic rings. The summed E-state index contributed by atoms with van der Waals surface area (Å²) in [4.78, 5) is 11.5. The summed E-state index contributed by atoms with van der Waals surface area (Å²) in [5, 5.41) is 15.4. The van der Waals surface area contributed by atoms with Crippen LogP contribution in [0.2, 0.25) is 0 Å². The Balaban J connectivity index is 1.95. The van der Waals surface area contributed by atoms with E-state index in [1.54, 1.807) is 0 Å². The van der Waals surface area contributed by atoms with E-state index in [0.717, 1.165) is 10.0 Å². The van der Waals surface area contributed by atoms with Gasteiger partial charge in [-0.3, -0.25) is 10.1 Å². The van der Waals surface area contributed by atoms with Crippen molar-refractivity contribution in [2.75, 3.05) is 5.32 Å². The third-order valence-corrected chi connectivity index (χ3v) is 2.40. The van der Waals surface area contributed by atoms with Gasteiger partial charge in [-0.2, -0.15) is 5.21 Å². The number of tetrazole rings is 1. The van der Waals surface area contributed by atoms with Gasteiger partial charge in [-0.25, -0.2) is 0 Å². The molecule has 0 atom stereocenters. The first-order chi connectivity index (χ1) is 7.74. The molecule has 0 saturated heterocycles. The summed E-state index contributed by atoms with van der Waals surface area (Å²) in [7, 11) is 0. The normalized spacial score (nSPS) is 10.1. The van der Waals surface area contributed by atoms with Crippen LogP contribution in [-0.4, -0.2) is 26.5 Å². The second-order valence-electron chi connectivity index (χ2n) is 3.09. The Morgan fingerprint density at radius 2 is 2.12 bits per heavy atom. The van der Waals surface area contributed by atoms with Crippen molar-refractivity contribution in [3.05, 3.63) is 34.3 Å². The Bertz CT molecular complexity index is 467. The van der Waals surface area contributed by atoms with E-state index in [0.29, 0.717) is 0 Å². The zero-order chi connectivity index (χ0) is 11.4. The van der Waals surface area contributed by atoms with Gasteiger partial charge in [0.25, 0.3) is 5.95 Å². The number of H-pyrrole nitrogens is 1. The Labute approximate surface area is 99.6 Å². The summed E-state index contributed by atoms with van der Waals surface area (Å²) in [5.41, 5.74) is 0.921. The molecule has 0 unspecified atom stereocenters. The third kappa shape index (κ3) is 2.86. The number of aromatic amines is 1. The molecular weight excluding hydrogens is 274 g/mol. The van der Waals surface area contributed by atoms with Crippen LogP contribution in [0.15, 0.2) is 28.7 Å². The molecule has 0 radical (unpaired) electrons. The van der Waals surface area contributed by atoms with Gasteiger partial charge in [-0.15, -0.1) is 5.10 Å². The first kappa shape index (κ1) is 10.7. The molecule has 0 saturated carbocycles. The molecule has 1 heterocycles. The highest BCUT2D eigenvalue weighted by Crippen LogP contribution is 2.11. The predicted octanol–water partition coefficient (Wildman–Crippen LogP) is 1.14. The van der Waals surface area contributed by atoms with Gasteiger partial charge in [0.2, 0.25) is 5.91 Å². The van der Waals surface area contributed by atoms with E-state index in [1.807, 2.05) is 24.3 Å². The van der Waals surface area contributed by atoms with Gasteiger partial charge in [0.05, 0.1) is 6.42 Å². The lowest BCUT2D eigenvalue weighted by Gasteiger charge is -2.00. The summed E-state index contributed by atoms with van der Waals surface area (Å²) in [6.07, 6.45) is 0.280.